The highest BCUT2D eigenvalue weighted by Gasteiger charge is 2.53. The summed E-state index contributed by atoms with van der Waals surface area (Å²) in [5.41, 5.74) is -2.87. The Morgan fingerprint density at radius 3 is 1.62 bits per heavy atom. The number of halogens is 1. The van der Waals surface area contributed by atoms with Gasteiger partial charge in [-0.2, -0.15) is 0 Å². The molecule has 0 radical (unpaired) electrons. The van der Waals surface area contributed by atoms with Gasteiger partial charge in [0.1, 0.15) is 23.9 Å². The topological polar surface area (TPSA) is 795 Å². The van der Waals surface area contributed by atoms with Crippen molar-refractivity contribution >= 4 is 169 Å². The Morgan fingerprint density at radius 1 is 0.562 bits per heavy atom. The number of nitrogens with zero attached hydrogens (tertiary/aromatic N) is 7. The molecule has 4 rings (SSSR count). The Bertz CT molecular complexity index is 4610. The first-order chi connectivity index (χ1) is 64.3. The van der Waals surface area contributed by atoms with Crippen LogP contribution in [0.2, 0.25) is 5.02 Å². The molecule has 2 aliphatic heterocycles. The number of Topliss-reactive ketones (excluding diaryl/α,β-unsaturated/α-hetero) is 3. The second-order valence-electron chi connectivity index (χ2n) is 32.6. The van der Waals surface area contributed by atoms with E-state index in [2.05, 4.69) is 42.5 Å². The molecule has 2 fully saturated rings. The van der Waals surface area contributed by atoms with Crippen molar-refractivity contribution in [3.8, 4) is 5.75 Å². The largest absolute Gasteiger partial charge is 0.506 e. The van der Waals surface area contributed by atoms with Crippen molar-refractivity contribution in [3.05, 3.63) is 64.7 Å². The van der Waals surface area contributed by atoms with Crippen molar-refractivity contribution in [3.63, 3.8) is 0 Å². The minimum Gasteiger partial charge on any atom is -0.506 e. The predicted molar refractivity (Wildman–Crippen MR) is 474 cm³/mol. The molecule has 0 spiro atoms. The maximum absolute atomic E-state index is 15.4. The number of ketones is 3. The Balaban J connectivity index is 1.91. The lowest BCUT2D eigenvalue weighted by atomic mass is 9.90. The van der Waals surface area contributed by atoms with E-state index in [1.54, 1.807) is 13.8 Å². The fourth-order valence-electron chi connectivity index (χ4n) is 14.9. The monoisotopic (exact) mass is 2000 g/mol. The van der Waals surface area contributed by atoms with Gasteiger partial charge < -0.3 is 119 Å². The van der Waals surface area contributed by atoms with E-state index in [9.17, 15) is 167 Å². The molecular weight excluding hydrogens is 1890 g/mol. The summed E-state index contributed by atoms with van der Waals surface area (Å²) in [6.45, 7) is -16.0. The number of carboxylic acids is 12. The van der Waals surface area contributed by atoms with Gasteiger partial charge in [-0.1, -0.05) is 83.4 Å². The van der Waals surface area contributed by atoms with Gasteiger partial charge in [0.15, 0.2) is 17.3 Å². The number of aliphatic hydroxyl groups excluding tert-OH is 1. The van der Waals surface area contributed by atoms with E-state index in [1.165, 1.54) is 49.5 Å². The third-order valence-corrected chi connectivity index (χ3v) is 24.1. The summed E-state index contributed by atoms with van der Waals surface area (Å²) in [5.74, 6) is -39.6. The number of hydrogen-bond acceptors (Lipinski definition) is 34. The fraction of sp³-hybridized carbons (Fsp3) is 0.573. The highest BCUT2D eigenvalue weighted by molar-refractivity contribution is 8.76. The summed E-state index contributed by atoms with van der Waals surface area (Å²) < 4.78 is 0. The van der Waals surface area contributed by atoms with Crippen molar-refractivity contribution in [1.82, 2.24) is 76.8 Å². The van der Waals surface area contributed by atoms with E-state index in [1.807, 2.05) is 0 Å². The Kier molecular flexibility index (Phi) is 49.4. The van der Waals surface area contributed by atoms with Crippen LogP contribution in [0.15, 0.2) is 48.5 Å². The molecule has 137 heavy (non-hydrogen) atoms. The number of aromatic hydroxyl groups is 1. The van der Waals surface area contributed by atoms with Crippen LogP contribution in [0.25, 0.3) is 0 Å². The van der Waals surface area contributed by atoms with E-state index in [0.717, 1.165) is 52.2 Å². The number of nitrogens with one attached hydrogen (secondary N) is 8. The number of aliphatic hydroxyl groups is 1. The lowest BCUT2D eigenvalue weighted by Gasteiger charge is -2.38. The van der Waals surface area contributed by atoms with Crippen LogP contribution in [0, 0.1) is 23.7 Å². The minimum atomic E-state index is -3.30. The van der Waals surface area contributed by atoms with E-state index in [4.69, 9.17) is 11.6 Å². The molecule has 22 N–H and O–H groups in total. The van der Waals surface area contributed by atoms with Gasteiger partial charge in [-0.25, -0.2) is 4.79 Å². The maximum atomic E-state index is 15.4. The summed E-state index contributed by atoms with van der Waals surface area (Å²) in [6.07, 6.45) is -8.01. The molecule has 2 unspecified atom stereocenters. The second-order valence-corrected chi connectivity index (χ2v) is 35.6. The number of carboxylic acid groups (broad SMARTS) is 12. The molecule has 2 aliphatic rings. The Labute approximate surface area is 794 Å². The second kappa shape index (κ2) is 58.0. The standard InChI is InChI=1S/C82H114ClN15O37S2/c1-44(2)19-52-61(103)25-49(74(127)84-3)41-136-137-42-55(79(132)98-29-50(99)28-56(98)78(131)90-54(22-46-9-10-58(100)51(83)20-46)60(102)24-47(26-63(105)106)75(128)89-52)91-76(129)48(27-64(107)108)23-59(101)53(21-45-7-5-4-6-8-45)88-62(104)31-92(16-13-87-80(133)82(81(134)135,97(39-72(123)124)40-73(125)126)43-85-11-14-93(32-65(109)110)33-66(111)112)15-12-86-77(130)57(96(37-70(119)120)38-71(121)122)30-94(34-67(113)114)17-18-95(35-68(115)116)36-69(117)118/h4-10,20,44,47-50,52-57,85,99-100H,11-19,21-43H2,1-3H3,(H,84,127)(H,86,130)(H,87,133)(H,88,104)(H,89,128)(H,90,131)(H,91,129)(H,105,106)(H,107,108)(H,109,110)(H,111,112)(H,113,114)(H,115,116)(H,117,118)(H,119,120)(H,121,122)(H,123,124)(H,125,126)(H,134,135)/t47-,48?,49-,50?,52-,53-,54-,55-,56-,57+,82-/m0/s1. The number of amides is 8. The molecular formula is C82H114ClN15O37S2. The third kappa shape index (κ3) is 41.8. The number of benzene rings is 2. The molecule has 2 aromatic carbocycles. The summed E-state index contributed by atoms with van der Waals surface area (Å²) in [5, 5.41) is 160. The van der Waals surface area contributed by atoms with Crippen LogP contribution in [0.4, 0.5) is 0 Å². The first-order valence-electron chi connectivity index (χ1n) is 42.3. The van der Waals surface area contributed by atoms with Gasteiger partial charge >= 0.3 is 71.6 Å². The molecule has 758 valence electrons. The number of phenolic OH excluding ortho intramolecular Hbond substituents is 1. The van der Waals surface area contributed by atoms with Crippen molar-refractivity contribution in [2.75, 3.05) is 156 Å². The zero-order valence-corrected chi connectivity index (χ0v) is 77.0. The number of carbonyl (C=O) groups is 23. The molecule has 0 saturated carbocycles. The van der Waals surface area contributed by atoms with Crippen molar-refractivity contribution in [1.29, 1.82) is 0 Å². The van der Waals surface area contributed by atoms with Crippen molar-refractivity contribution in [2.24, 2.45) is 23.7 Å². The van der Waals surface area contributed by atoms with Crippen LogP contribution in [-0.4, -0.2) is 446 Å². The van der Waals surface area contributed by atoms with Gasteiger partial charge in [-0.3, -0.25) is 135 Å². The van der Waals surface area contributed by atoms with E-state index in [-0.39, 0.29) is 39.1 Å². The molecule has 55 heteroatoms. The normalized spacial score (nSPS) is 18.6. The number of phenols is 1. The molecule has 11 atom stereocenters. The number of fused-ring (bicyclic) bond motifs is 1. The van der Waals surface area contributed by atoms with Gasteiger partial charge in [0.25, 0.3) is 5.91 Å². The third-order valence-electron chi connectivity index (χ3n) is 21.3. The smallest absolute Gasteiger partial charge is 0.335 e. The number of aliphatic carboxylic acids is 12. The lowest BCUT2D eigenvalue weighted by molar-refractivity contribution is -0.163. The number of hydrogen-bond donors (Lipinski definition) is 22. The minimum absolute atomic E-state index is 0.0639. The fourth-order valence-corrected chi connectivity index (χ4v) is 17.5. The molecule has 0 aliphatic carbocycles. The van der Waals surface area contributed by atoms with Crippen LogP contribution in [-0.2, 0) is 123 Å². The summed E-state index contributed by atoms with van der Waals surface area (Å²) >= 11 is 6.25. The zero-order valence-electron chi connectivity index (χ0n) is 74.6. The Hall–Kier alpha value is -12.7. The lowest BCUT2D eigenvalue weighted by Crippen LogP contribution is -2.70. The van der Waals surface area contributed by atoms with E-state index >= 15 is 14.4 Å². The Morgan fingerprint density at radius 2 is 1.09 bits per heavy atom. The van der Waals surface area contributed by atoms with Crippen LogP contribution in [0.1, 0.15) is 69.9 Å². The number of rotatable bonds is 58. The zero-order chi connectivity index (χ0) is 103. The van der Waals surface area contributed by atoms with E-state index in [0.29, 0.717) is 4.90 Å². The summed E-state index contributed by atoms with van der Waals surface area (Å²) in [6, 6.07) is 0.476. The summed E-state index contributed by atoms with van der Waals surface area (Å²) in [4.78, 5) is 314. The van der Waals surface area contributed by atoms with Gasteiger partial charge in [-0.15, -0.1) is 0 Å². The SMILES string of the molecule is CNC(=O)[C@@H]1CSSC[C@H](NC(=O)C(CC(=O)O)CC(=O)[C@H](Cc2ccccc2)NC(=O)CN(CCNC(=O)[C@@H](CN(CCN(CC(=O)O)CC(=O)O)CC(=O)O)N(CC(=O)O)CC(=O)O)CCNC(=O)[C@@](CNCCN(CC(=O)O)CC(=O)O)(C(=O)O)N(CC(=O)O)CC(=O)O)C(=O)N2CC(O)C[C@H]2C(=O)N[C@@H](Cc2ccc(O)c(Cl)c2)C(=O)C[C@@H](CC(=O)O)C(=O)N[C@@H](CC(C)C)C(=O)C1. The quantitative estimate of drug-likeness (QED) is 0.0166. The van der Waals surface area contributed by atoms with Crippen LogP contribution >= 0.6 is 33.2 Å². The predicted octanol–water partition coefficient (Wildman–Crippen LogP) is -6.82. The molecule has 0 aromatic heterocycles. The van der Waals surface area contributed by atoms with Crippen molar-refractivity contribution < 1.29 is 182 Å². The van der Waals surface area contributed by atoms with Crippen LogP contribution < -0.4 is 42.5 Å². The average molecular weight is 2000 g/mol. The van der Waals surface area contributed by atoms with Gasteiger partial charge in [0, 0.05) is 116 Å². The highest BCUT2D eigenvalue weighted by atomic mass is 35.5. The summed E-state index contributed by atoms with van der Waals surface area (Å²) in [7, 11) is 2.90. The maximum Gasteiger partial charge on any atom is 0.335 e. The molecule has 0 bridgehead atoms. The highest BCUT2D eigenvalue weighted by Crippen LogP contribution is 2.31. The van der Waals surface area contributed by atoms with Gasteiger partial charge in [0.05, 0.1) is 125 Å². The van der Waals surface area contributed by atoms with E-state index < -0.39 is 402 Å². The van der Waals surface area contributed by atoms with Crippen molar-refractivity contribution in [2.45, 2.75) is 120 Å². The first kappa shape index (κ1) is 117. The molecule has 2 saturated heterocycles. The number of carbonyl (C=O) groups excluding carboxylic acids is 11. The average Bonchev–Trinajstić information content (AvgIpc) is 1.63. The molecule has 2 heterocycles. The molecule has 8 amide bonds. The molecule has 2 aromatic rings. The van der Waals surface area contributed by atoms with Gasteiger partial charge in [0.2, 0.25) is 46.9 Å². The molecule has 52 nitrogen and oxygen atoms in total. The van der Waals surface area contributed by atoms with Crippen LogP contribution in [0.3, 0.4) is 0 Å². The van der Waals surface area contributed by atoms with Gasteiger partial charge in [-0.05, 0) is 48.4 Å². The first-order valence-corrected chi connectivity index (χ1v) is 45.2. The van der Waals surface area contributed by atoms with Crippen LogP contribution in [0.5, 0.6) is 5.75 Å².